The summed E-state index contributed by atoms with van der Waals surface area (Å²) in [5.41, 5.74) is 2.57. The zero-order valence-electron chi connectivity index (χ0n) is 17.8. The van der Waals surface area contributed by atoms with Crippen LogP contribution in [-0.4, -0.2) is 37.4 Å². The first-order valence-corrected chi connectivity index (χ1v) is 11.4. The molecule has 4 aromatic rings. The van der Waals surface area contributed by atoms with Gasteiger partial charge in [0.05, 0.1) is 18.2 Å². The van der Waals surface area contributed by atoms with Crippen molar-refractivity contribution in [2.24, 2.45) is 0 Å². The second-order valence-corrected chi connectivity index (χ2v) is 8.97. The number of nitrogens with one attached hydrogen (secondary N) is 1. The molecule has 5 rings (SSSR count). The van der Waals surface area contributed by atoms with Crippen LogP contribution in [-0.2, 0) is 22.6 Å². The minimum atomic E-state index is -0.458. The molecule has 9 nitrogen and oxygen atoms in total. The van der Waals surface area contributed by atoms with Crippen LogP contribution >= 0.6 is 11.3 Å². The smallest absolute Gasteiger partial charge is 0.352 e. The lowest BCUT2D eigenvalue weighted by atomic mass is 10.1. The first kappa shape index (κ1) is 20.7. The van der Waals surface area contributed by atoms with E-state index < -0.39 is 5.69 Å². The number of carbonyl (C=O) groups is 1. The third-order valence-electron chi connectivity index (χ3n) is 5.97. The fourth-order valence-corrected chi connectivity index (χ4v) is 4.93. The third-order valence-corrected chi connectivity index (χ3v) is 6.86. The average molecular weight is 454 g/mol. The number of rotatable bonds is 5. The molecule has 0 saturated carbocycles. The Kier molecular flexibility index (Phi) is 5.18. The molecule has 1 N–H and O–H groups in total. The summed E-state index contributed by atoms with van der Waals surface area (Å²) in [4.78, 5) is 39.0. The predicted molar refractivity (Wildman–Crippen MR) is 123 cm³/mol. The molecule has 0 bridgehead atoms. The number of fused-ring (bicyclic) bond motifs is 3. The van der Waals surface area contributed by atoms with Crippen LogP contribution < -0.4 is 16.6 Å². The van der Waals surface area contributed by atoms with Crippen molar-refractivity contribution in [2.45, 2.75) is 45.9 Å². The molecule has 1 fully saturated rings. The van der Waals surface area contributed by atoms with Crippen LogP contribution in [0.5, 0.6) is 0 Å². The van der Waals surface area contributed by atoms with Crippen molar-refractivity contribution in [3.8, 4) is 0 Å². The van der Waals surface area contributed by atoms with Gasteiger partial charge < -0.3 is 10.1 Å². The molecule has 166 valence electrons. The fraction of sp³-hybridized carbons (Fsp3) is 0.364. The summed E-state index contributed by atoms with van der Waals surface area (Å²) < 4.78 is 10.2. The Hall–Kier alpha value is -3.24. The summed E-state index contributed by atoms with van der Waals surface area (Å²) in [7, 11) is 0. The molecule has 1 amide bonds. The summed E-state index contributed by atoms with van der Waals surface area (Å²) in [5, 5.41) is 9.02. The van der Waals surface area contributed by atoms with Crippen molar-refractivity contribution < 1.29 is 9.53 Å². The van der Waals surface area contributed by atoms with Crippen molar-refractivity contribution in [1.82, 2.24) is 18.7 Å². The quantitative estimate of drug-likeness (QED) is 0.500. The van der Waals surface area contributed by atoms with Gasteiger partial charge in [-0.3, -0.25) is 14.2 Å². The lowest BCUT2D eigenvalue weighted by molar-refractivity contribution is -0.117. The van der Waals surface area contributed by atoms with E-state index in [1.807, 2.05) is 32.0 Å². The Bertz CT molecular complexity index is 1460. The lowest BCUT2D eigenvalue weighted by Crippen LogP contribution is -2.30. The molecule has 1 aromatic carbocycles. The van der Waals surface area contributed by atoms with Gasteiger partial charge in [-0.1, -0.05) is 12.1 Å². The van der Waals surface area contributed by atoms with Crippen LogP contribution in [0.4, 0.5) is 5.69 Å². The van der Waals surface area contributed by atoms with Gasteiger partial charge in [-0.15, -0.1) is 16.4 Å². The Morgan fingerprint density at radius 3 is 2.91 bits per heavy atom. The zero-order chi connectivity index (χ0) is 22.4. The Balaban J connectivity index is 1.55. The van der Waals surface area contributed by atoms with E-state index in [9.17, 15) is 14.4 Å². The maximum atomic E-state index is 13.2. The summed E-state index contributed by atoms with van der Waals surface area (Å²) >= 11 is 1.29. The van der Waals surface area contributed by atoms with Crippen molar-refractivity contribution in [3.05, 3.63) is 61.6 Å². The van der Waals surface area contributed by atoms with Crippen LogP contribution in [0, 0.1) is 13.8 Å². The van der Waals surface area contributed by atoms with Gasteiger partial charge in [0.25, 0.3) is 5.56 Å². The number of aromatic nitrogens is 4. The zero-order valence-corrected chi connectivity index (χ0v) is 18.6. The molecular weight excluding hydrogens is 430 g/mol. The molecule has 32 heavy (non-hydrogen) atoms. The molecule has 1 aliphatic heterocycles. The topological polar surface area (TPSA) is 99.6 Å². The minimum absolute atomic E-state index is 0.0956. The van der Waals surface area contributed by atoms with Crippen molar-refractivity contribution in [1.29, 1.82) is 0 Å². The van der Waals surface area contributed by atoms with Crippen LogP contribution in [0.3, 0.4) is 0 Å². The molecule has 10 heteroatoms. The summed E-state index contributed by atoms with van der Waals surface area (Å²) in [6, 6.07) is 7.39. The van der Waals surface area contributed by atoms with Crippen LogP contribution in [0.1, 0.15) is 24.0 Å². The monoisotopic (exact) mass is 453 g/mol. The highest BCUT2D eigenvalue weighted by Gasteiger charge is 2.23. The molecule has 4 heterocycles. The highest BCUT2D eigenvalue weighted by atomic mass is 32.1. The average Bonchev–Trinajstić information content (AvgIpc) is 3.50. The first-order valence-electron chi connectivity index (χ1n) is 10.5. The van der Waals surface area contributed by atoms with Gasteiger partial charge in [-0.25, -0.2) is 13.9 Å². The van der Waals surface area contributed by atoms with Crippen molar-refractivity contribution >= 4 is 38.9 Å². The summed E-state index contributed by atoms with van der Waals surface area (Å²) in [6.45, 7) is 4.63. The highest BCUT2D eigenvalue weighted by molar-refractivity contribution is 7.17. The Labute approximate surface area is 186 Å². The van der Waals surface area contributed by atoms with Crippen molar-refractivity contribution in [3.63, 3.8) is 0 Å². The van der Waals surface area contributed by atoms with E-state index in [0.29, 0.717) is 29.1 Å². The van der Waals surface area contributed by atoms with E-state index in [2.05, 4.69) is 10.4 Å². The summed E-state index contributed by atoms with van der Waals surface area (Å²) in [5.74, 6) is -0.139. The number of amides is 1. The van der Waals surface area contributed by atoms with E-state index in [4.69, 9.17) is 4.74 Å². The Morgan fingerprint density at radius 2 is 2.12 bits per heavy atom. The minimum Gasteiger partial charge on any atom is -0.376 e. The number of ether oxygens (including phenoxy) is 1. The van der Waals surface area contributed by atoms with Gasteiger partial charge >= 0.3 is 5.69 Å². The molecule has 1 saturated heterocycles. The Morgan fingerprint density at radius 1 is 1.28 bits per heavy atom. The van der Waals surface area contributed by atoms with Gasteiger partial charge in [-0.2, -0.15) is 0 Å². The molecule has 1 atom stereocenters. The summed E-state index contributed by atoms with van der Waals surface area (Å²) in [6.07, 6.45) is 1.70. The number of anilines is 1. The lowest BCUT2D eigenvalue weighted by Gasteiger charge is -2.12. The van der Waals surface area contributed by atoms with E-state index in [1.165, 1.54) is 20.3 Å². The van der Waals surface area contributed by atoms with E-state index in [-0.39, 0.29) is 29.9 Å². The third kappa shape index (κ3) is 3.45. The van der Waals surface area contributed by atoms with Gasteiger partial charge in [-0.05, 0) is 55.3 Å². The first-order chi connectivity index (χ1) is 15.4. The maximum Gasteiger partial charge on any atom is 0.352 e. The van der Waals surface area contributed by atoms with Gasteiger partial charge in [0, 0.05) is 12.3 Å². The van der Waals surface area contributed by atoms with E-state index in [1.54, 1.807) is 11.4 Å². The molecule has 0 spiro atoms. The van der Waals surface area contributed by atoms with Crippen LogP contribution in [0.25, 0.3) is 16.0 Å². The standard InChI is InChI=1S/C22H23N5O4S/c1-13-5-3-7-16(14(13)2)23-18(28)12-26-22(30)27-17-8-10-32-19(17)20(29)25(21(27)24-26)11-15-6-4-9-31-15/h3,5,7-8,10,15H,4,6,9,11-12H2,1-2H3,(H,23,28). The fourth-order valence-electron chi connectivity index (χ4n) is 4.11. The molecule has 1 unspecified atom stereocenters. The number of benzene rings is 1. The van der Waals surface area contributed by atoms with E-state index >= 15 is 0 Å². The van der Waals surface area contributed by atoms with Gasteiger partial charge in [0.1, 0.15) is 11.2 Å². The highest BCUT2D eigenvalue weighted by Crippen LogP contribution is 2.20. The number of nitrogens with zero attached hydrogens (tertiary/aromatic N) is 4. The predicted octanol–water partition coefficient (Wildman–Crippen LogP) is 2.31. The maximum absolute atomic E-state index is 13.2. The number of carbonyl (C=O) groups excluding carboxylic acids is 1. The molecule has 0 radical (unpaired) electrons. The number of hydrogen-bond acceptors (Lipinski definition) is 6. The van der Waals surface area contributed by atoms with Gasteiger partial charge in [0.15, 0.2) is 0 Å². The largest absolute Gasteiger partial charge is 0.376 e. The number of aryl methyl sites for hydroxylation is 1. The molecule has 0 aliphatic carbocycles. The van der Waals surface area contributed by atoms with Crippen molar-refractivity contribution in [2.75, 3.05) is 11.9 Å². The number of hydrogen-bond donors (Lipinski definition) is 1. The normalized spacial score (nSPS) is 16.2. The molecule has 1 aliphatic rings. The number of thiophene rings is 1. The van der Waals surface area contributed by atoms with E-state index in [0.717, 1.165) is 28.7 Å². The SMILES string of the molecule is Cc1cccc(NC(=O)Cn2nc3n(CC4CCCO4)c(=O)c4sccc4n3c2=O)c1C. The van der Waals surface area contributed by atoms with Crippen LogP contribution in [0.2, 0.25) is 0 Å². The molecule has 3 aromatic heterocycles. The second kappa shape index (κ2) is 8.03. The molecular formula is C22H23N5O4S. The second-order valence-electron chi connectivity index (χ2n) is 8.06. The van der Waals surface area contributed by atoms with Crippen LogP contribution in [0.15, 0.2) is 39.2 Å². The van der Waals surface area contributed by atoms with Gasteiger partial charge in [0.2, 0.25) is 11.7 Å².